The molecule has 10 nitrogen and oxygen atoms in total. The average molecular weight is 488 g/mol. The van der Waals surface area contributed by atoms with Crippen molar-refractivity contribution >= 4 is 29.0 Å². The van der Waals surface area contributed by atoms with Crippen LogP contribution in [0.1, 0.15) is 27.3 Å². The number of ether oxygens (including phenoxy) is 2. The number of H-pyrrole nitrogens is 1. The number of amides is 1. The molecule has 0 radical (unpaired) electrons. The van der Waals surface area contributed by atoms with Gasteiger partial charge in [-0.1, -0.05) is 6.07 Å². The van der Waals surface area contributed by atoms with Crippen LogP contribution >= 0.6 is 0 Å². The molecule has 0 unspecified atom stereocenters. The average Bonchev–Trinajstić information content (AvgIpc) is 3.44. The normalized spacial score (nSPS) is 14.6. The number of nitrogens with zero attached hydrogens (tertiary/aromatic N) is 5. The number of benzene rings is 1. The van der Waals surface area contributed by atoms with Crippen LogP contribution < -0.4 is 10.1 Å². The van der Waals surface area contributed by atoms with E-state index in [4.69, 9.17) is 9.47 Å². The molecule has 0 aliphatic carbocycles. The molecule has 0 atom stereocenters. The number of aromatic amines is 1. The second-order valence-electron chi connectivity index (χ2n) is 8.90. The van der Waals surface area contributed by atoms with E-state index in [1.54, 1.807) is 29.2 Å². The predicted molar refractivity (Wildman–Crippen MR) is 137 cm³/mol. The van der Waals surface area contributed by atoms with Crippen LogP contribution in [0.3, 0.4) is 0 Å². The van der Waals surface area contributed by atoms with Gasteiger partial charge in [0.15, 0.2) is 0 Å². The Morgan fingerprint density at radius 3 is 2.94 bits per heavy atom. The highest BCUT2D eigenvalue weighted by Crippen LogP contribution is 2.28. The molecule has 1 aromatic carbocycles. The van der Waals surface area contributed by atoms with Crippen LogP contribution in [0.2, 0.25) is 0 Å². The highest BCUT2D eigenvalue weighted by Gasteiger charge is 2.16. The van der Waals surface area contributed by atoms with Crippen LogP contribution in [0.15, 0.2) is 36.7 Å². The third-order valence-electron chi connectivity index (χ3n) is 6.08. The van der Waals surface area contributed by atoms with Gasteiger partial charge in [-0.15, -0.1) is 0 Å². The van der Waals surface area contributed by atoms with Gasteiger partial charge in [0.05, 0.1) is 48.2 Å². The maximum atomic E-state index is 12.7. The molecular formula is C26H29N7O3. The fraction of sp³-hybridized carbons (Fsp3) is 0.308. The first kappa shape index (κ1) is 23.7. The zero-order valence-corrected chi connectivity index (χ0v) is 20.6. The highest BCUT2D eigenvalue weighted by atomic mass is 16.5. The topological polar surface area (TPSA) is 110 Å². The number of likely N-dealkylation sites (N-methyl/N-ethyl adjacent to an activating group) is 1. The minimum atomic E-state index is -0.138. The summed E-state index contributed by atoms with van der Waals surface area (Å²) in [4.78, 5) is 19.3. The van der Waals surface area contributed by atoms with Crippen molar-refractivity contribution < 1.29 is 14.3 Å². The molecule has 36 heavy (non-hydrogen) atoms. The Hall–Kier alpha value is -4.02. The molecule has 0 fully saturated rings. The summed E-state index contributed by atoms with van der Waals surface area (Å²) in [6, 6.07) is 7.47. The number of rotatable bonds is 4. The Bertz CT molecular complexity index is 1420. The summed E-state index contributed by atoms with van der Waals surface area (Å²) >= 11 is 0. The second-order valence-corrected chi connectivity index (χ2v) is 8.90. The van der Waals surface area contributed by atoms with Crippen LogP contribution in [0.25, 0.3) is 34.3 Å². The molecule has 5 rings (SSSR count). The summed E-state index contributed by atoms with van der Waals surface area (Å²) in [5, 5.41) is 15.8. The second kappa shape index (κ2) is 10.3. The van der Waals surface area contributed by atoms with E-state index in [1.165, 1.54) is 0 Å². The van der Waals surface area contributed by atoms with E-state index in [0.717, 1.165) is 45.7 Å². The number of fused-ring (bicyclic) bond motifs is 4. The van der Waals surface area contributed by atoms with Crippen molar-refractivity contribution in [3.05, 3.63) is 59.2 Å². The molecule has 1 aliphatic heterocycles. The fourth-order valence-electron chi connectivity index (χ4n) is 4.04. The van der Waals surface area contributed by atoms with Crippen LogP contribution in [0, 0.1) is 0 Å². The van der Waals surface area contributed by atoms with Crippen LogP contribution in [-0.4, -0.2) is 76.2 Å². The van der Waals surface area contributed by atoms with Crippen molar-refractivity contribution in [2.45, 2.75) is 6.61 Å². The summed E-state index contributed by atoms with van der Waals surface area (Å²) < 4.78 is 13.8. The molecule has 3 aromatic heterocycles. The van der Waals surface area contributed by atoms with Crippen molar-refractivity contribution in [1.29, 1.82) is 0 Å². The Morgan fingerprint density at radius 2 is 2.08 bits per heavy atom. The van der Waals surface area contributed by atoms with E-state index >= 15 is 0 Å². The molecular weight excluding hydrogens is 458 g/mol. The van der Waals surface area contributed by atoms with E-state index in [-0.39, 0.29) is 5.91 Å². The van der Waals surface area contributed by atoms with Crippen LogP contribution in [0.4, 0.5) is 0 Å². The molecule has 0 spiro atoms. The van der Waals surface area contributed by atoms with Gasteiger partial charge >= 0.3 is 0 Å². The molecule has 0 saturated carbocycles. The summed E-state index contributed by atoms with van der Waals surface area (Å²) in [5.74, 6) is 0.467. The van der Waals surface area contributed by atoms with Crippen molar-refractivity contribution in [3.63, 3.8) is 0 Å². The van der Waals surface area contributed by atoms with Gasteiger partial charge in [0.2, 0.25) is 0 Å². The van der Waals surface area contributed by atoms with E-state index in [1.807, 2.05) is 50.3 Å². The predicted octanol–water partition coefficient (Wildman–Crippen LogP) is 2.73. The van der Waals surface area contributed by atoms with Gasteiger partial charge in [0.1, 0.15) is 12.4 Å². The number of nitrogens with one attached hydrogen (secondary N) is 2. The van der Waals surface area contributed by atoms with Gasteiger partial charge in [-0.3, -0.25) is 19.6 Å². The Labute approximate surface area is 208 Å². The van der Waals surface area contributed by atoms with Gasteiger partial charge in [0, 0.05) is 42.2 Å². The first-order valence-corrected chi connectivity index (χ1v) is 11.8. The van der Waals surface area contributed by atoms with Gasteiger partial charge in [-0.2, -0.15) is 10.2 Å². The summed E-state index contributed by atoms with van der Waals surface area (Å²) in [6.45, 7) is 2.41. The lowest BCUT2D eigenvalue weighted by molar-refractivity contribution is 0.0851. The van der Waals surface area contributed by atoms with Crippen molar-refractivity contribution in [1.82, 2.24) is 35.2 Å². The van der Waals surface area contributed by atoms with E-state index in [9.17, 15) is 4.79 Å². The largest absolute Gasteiger partial charge is 0.491 e. The molecule has 186 valence electrons. The molecule has 0 saturated heterocycles. The van der Waals surface area contributed by atoms with Crippen molar-refractivity contribution in [2.24, 2.45) is 7.05 Å². The number of carbonyl (C=O) groups excluding carboxylic acids is 1. The smallest absolute Gasteiger partial charge is 0.251 e. The number of aryl methyl sites for hydroxylation is 1. The van der Waals surface area contributed by atoms with Gasteiger partial charge in [0.25, 0.3) is 5.91 Å². The highest BCUT2D eigenvalue weighted by molar-refractivity contribution is 5.95. The standard InChI is InChI=1S/C26H29N7O3/c1-32(2)9-8-27-26(34)18-5-4-17-6-7-21-19-13-22(28-15-23(19)31-30-21)20-14-29-33(3)24(20)16-35-10-11-36-25(17)12-18/h4-7,12-15H,8-11,16H2,1-3H3,(H,27,34)(H,30,31)/b7-6+. The lowest BCUT2D eigenvalue weighted by Crippen LogP contribution is -2.31. The maximum absolute atomic E-state index is 12.7. The number of hydrogen-bond donors (Lipinski definition) is 2. The molecule has 2 N–H and O–H groups in total. The Balaban J connectivity index is 1.49. The third kappa shape index (κ3) is 5.00. The van der Waals surface area contributed by atoms with Crippen LogP contribution in [0.5, 0.6) is 5.75 Å². The minimum Gasteiger partial charge on any atom is -0.491 e. The third-order valence-corrected chi connectivity index (χ3v) is 6.08. The van der Waals surface area contributed by atoms with Crippen LogP contribution in [-0.2, 0) is 18.4 Å². The molecule has 10 heteroatoms. The Morgan fingerprint density at radius 1 is 1.19 bits per heavy atom. The van der Waals surface area contributed by atoms with Gasteiger partial charge < -0.3 is 19.7 Å². The van der Waals surface area contributed by atoms with Crippen molar-refractivity contribution in [2.75, 3.05) is 40.4 Å². The zero-order valence-electron chi connectivity index (χ0n) is 20.6. The Kier molecular flexibility index (Phi) is 6.79. The molecule has 4 heterocycles. The summed E-state index contributed by atoms with van der Waals surface area (Å²) in [5.41, 5.74) is 5.65. The SMILES string of the molecule is CN(C)CCNC(=O)c1ccc2c(c1)OCCOCc1c(cnn1C)-c1cc3c(n[nH]c3cn1)/C=C/2. The lowest BCUT2D eigenvalue weighted by atomic mass is 10.1. The zero-order chi connectivity index (χ0) is 25.1. The van der Waals surface area contributed by atoms with Gasteiger partial charge in [-0.25, -0.2) is 0 Å². The maximum Gasteiger partial charge on any atom is 0.251 e. The number of aromatic nitrogens is 5. The molecule has 4 aromatic rings. The fourth-order valence-corrected chi connectivity index (χ4v) is 4.04. The first-order chi connectivity index (χ1) is 17.5. The van der Waals surface area contributed by atoms with Gasteiger partial charge in [-0.05, 0) is 44.4 Å². The quantitative estimate of drug-likeness (QED) is 0.455. The first-order valence-electron chi connectivity index (χ1n) is 11.8. The van der Waals surface area contributed by atoms with Crippen molar-refractivity contribution in [3.8, 4) is 17.0 Å². The number of carbonyl (C=O) groups is 1. The molecule has 2 bridgehead atoms. The number of hydrogen-bond acceptors (Lipinski definition) is 7. The number of pyridine rings is 1. The monoisotopic (exact) mass is 487 g/mol. The summed E-state index contributed by atoms with van der Waals surface area (Å²) in [7, 11) is 5.83. The lowest BCUT2D eigenvalue weighted by Gasteiger charge is -2.13. The summed E-state index contributed by atoms with van der Waals surface area (Å²) in [6.07, 6.45) is 7.46. The molecule has 1 aliphatic rings. The van der Waals surface area contributed by atoms with E-state index in [2.05, 4.69) is 25.6 Å². The molecule has 1 amide bonds. The van der Waals surface area contributed by atoms with E-state index < -0.39 is 0 Å². The minimum absolute atomic E-state index is 0.138. The van der Waals surface area contributed by atoms with E-state index in [0.29, 0.717) is 37.7 Å².